The van der Waals surface area contributed by atoms with E-state index in [1.54, 1.807) is 0 Å². The van der Waals surface area contributed by atoms with Gasteiger partial charge in [0.2, 0.25) is 0 Å². The van der Waals surface area contributed by atoms with Crippen molar-refractivity contribution < 1.29 is 38.1 Å². The Morgan fingerprint density at radius 3 is 2.11 bits per heavy atom. The van der Waals surface area contributed by atoms with Crippen molar-refractivity contribution >= 4 is 17.9 Å². The average Bonchev–Trinajstić information content (AvgIpc) is 3.71. The number of rotatable bonds is 35. The number of carbonyl (C=O) groups is 3. The van der Waals surface area contributed by atoms with Crippen LogP contribution in [0.3, 0.4) is 0 Å². The molecule has 0 radical (unpaired) electrons. The van der Waals surface area contributed by atoms with Crippen LogP contribution in [0.4, 0.5) is 0 Å². The summed E-state index contributed by atoms with van der Waals surface area (Å²) in [4.78, 5) is 40.6. The highest BCUT2D eigenvalue weighted by Crippen LogP contribution is 2.67. The summed E-state index contributed by atoms with van der Waals surface area (Å²) in [7, 11) is 0. The zero-order chi connectivity index (χ0) is 50.9. The zero-order valence-electron chi connectivity index (χ0n) is 46.8. The molecule has 0 aromatic heterocycles. The quantitative estimate of drug-likeness (QED) is 0.0266. The van der Waals surface area contributed by atoms with Gasteiger partial charge in [-0.15, -0.1) is 0 Å². The summed E-state index contributed by atoms with van der Waals surface area (Å²) in [6.45, 7) is 20.9. The van der Waals surface area contributed by atoms with Gasteiger partial charge in [-0.25, -0.2) is 0 Å². The van der Waals surface area contributed by atoms with Gasteiger partial charge in [-0.2, -0.15) is 0 Å². The first-order valence-electron chi connectivity index (χ1n) is 30.2. The number of carbonyl (C=O) groups excluding carboxylic acids is 3. The minimum absolute atomic E-state index is 0.00548. The molecule has 0 bridgehead atoms. The number of piperidine rings is 1. The molecular formula is C62H107NO8. The molecule has 9 atom stereocenters. The summed E-state index contributed by atoms with van der Waals surface area (Å²) in [6.07, 6.45) is 40.2. The van der Waals surface area contributed by atoms with E-state index in [1.165, 1.54) is 140 Å². The summed E-state index contributed by atoms with van der Waals surface area (Å²) in [5, 5.41) is 0. The molecule has 5 rings (SSSR count). The Balaban J connectivity index is 0.956. The lowest BCUT2D eigenvalue weighted by Gasteiger charge is -2.58. The molecule has 5 aliphatic rings. The summed E-state index contributed by atoms with van der Waals surface area (Å²) in [5.41, 5.74) is 2.20. The lowest BCUT2D eigenvalue weighted by Crippen LogP contribution is -2.51. The molecule has 1 saturated heterocycles. The first-order chi connectivity index (χ1) is 34.4. The van der Waals surface area contributed by atoms with E-state index in [9.17, 15) is 14.4 Å². The van der Waals surface area contributed by atoms with Crippen LogP contribution in [0.1, 0.15) is 235 Å². The van der Waals surface area contributed by atoms with Crippen LogP contribution in [0.5, 0.6) is 0 Å². The number of hydrogen-bond donors (Lipinski definition) is 0. The van der Waals surface area contributed by atoms with Crippen molar-refractivity contribution in [2.45, 2.75) is 247 Å². The van der Waals surface area contributed by atoms with Gasteiger partial charge in [0.25, 0.3) is 0 Å². The zero-order valence-corrected chi connectivity index (χ0v) is 46.8. The van der Waals surface area contributed by atoms with Gasteiger partial charge in [-0.3, -0.25) is 14.4 Å². The smallest absolute Gasteiger partial charge is 0.309 e. The Morgan fingerprint density at radius 1 is 0.718 bits per heavy atom. The fourth-order valence-electron chi connectivity index (χ4n) is 14.4. The molecule has 71 heavy (non-hydrogen) atoms. The fourth-order valence-corrected chi connectivity index (χ4v) is 14.4. The van der Waals surface area contributed by atoms with Gasteiger partial charge in [0, 0.05) is 19.6 Å². The molecule has 9 heteroatoms. The second kappa shape index (κ2) is 32.3. The normalized spacial score (nSPS) is 27.7. The van der Waals surface area contributed by atoms with E-state index in [4.69, 9.17) is 23.7 Å². The molecule has 1 heterocycles. The van der Waals surface area contributed by atoms with E-state index in [1.807, 2.05) is 6.92 Å². The highest BCUT2D eigenvalue weighted by Gasteiger charge is 2.59. The van der Waals surface area contributed by atoms with Crippen molar-refractivity contribution in [1.29, 1.82) is 0 Å². The average molecular weight is 995 g/mol. The molecule has 0 amide bonds. The summed E-state index contributed by atoms with van der Waals surface area (Å²) < 4.78 is 29.3. The number of unbranched alkanes of at least 4 members (excludes halogenated alkanes) is 12. The lowest BCUT2D eigenvalue weighted by atomic mass is 9.47. The Morgan fingerprint density at radius 2 is 1.41 bits per heavy atom. The molecule has 4 aliphatic carbocycles. The molecule has 9 nitrogen and oxygen atoms in total. The molecule has 1 aliphatic heterocycles. The second-order valence-corrected chi connectivity index (χ2v) is 24.2. The van der Waals surface area contributed by atoms with Crippen molar-refractivity contribution in [2.24, 2.45) is 52.3 Å². The molecular weight excluding hydrogens is 887 g/mol. The summed E-state index contributed by atoms with van der Waals surface area (Å²) >= 11 is 0. The minimum atomic E-state index is -0.403. The van der Waals surface area contributed by atoms with Gasteiger partial charge in [0.15, 0.2) is 0 Å². The van der Waals surface area contributed by atoms with Crippen LogP contribution in [0.15, 0.2) is 23.8 Å². The number of nitrogens with zero attached hydrogens (tertiary/aromatic N) is 1. The highest BCUT2D eigenvalue weighted by molar-refractivity contribution is 5.77. The van der Waals surface area contributed by atoms with E-state index in [-0.39, 0.29) is 61.5 Å². The van der Waals surface area contributed by atoms with Crippen molar-refractivity contribution in [3.05, 3.63) is 23.8 Å². The number of esters is 3. The summed E-state index contributed by atoms with van der Waals surface area (Å²) in [5.74, 6) is 3.99. The first kappa shape index (κ1) is 59.6. The standard InChI is InChI=1S/C62H107NO8/c1-8-10-11-12-13-14-15-16-17-18-19-20-21-22-23-24-42-67-47-53(46-63-40-36-50(37-41-63)60(66)68-9-2)69-43-44-70-58(64)32-33-59(65)71-52-34-38-61(6)51(45-52)28-29-54-56-31-30-55(49(5)27-25-26-48(3)4)62(56,7)39-35-57(54)61/h16-17,28,48-50,52-57H,8-15,18-27,29-47H2,1-7H3/t49-,52+,53?,54+,55-,56-,57+,61+,62-/m1/s1. The van der Waals surface area contributed by atoms with Gasteiger partial charge < -0.3 is 28.6 Å². The maximum Gasteiger partial charge on any atom is 0.309 e. The number of allylic oxidation sites excluding steroid dienone is 3. The van der Waals surface area contributed by atoms with Crippen LogP contribution in [0.2, 0.25) is 0 Å². The van der Waals surface area contributed by atoms with Crippen LogP contribution < -0.4 is 0 Å². The predicted octanol–water partition coefficient (Wildman–Crippen LogP) is 15.0. The van der Waals surface area contributed by atoms with E-state index in [2.05, 4.69) is 64.7 Å². The third kappa shape index (κ3) is 19.4. The minimum Gasteiger partial charge on any atom is -0.466 e. The van der Waals surface area contributed by atoms with Crippen LogP contribution in [-0.2, 0) is 38.1 Å². The second-order valence-electron chi connectivity index (χ2n) is 24.2. The Bertz CT molecular complexity index is 1590. The maximum atomic E-state index is 13.1. The lowest BCUT2D eigenvalue weighted by molar-refractivity contribution is -0.156. The van der Waals surface area contributed by atoms with Crippen LogP contribution in [0, 0.1) is 52.3 Å². The van der Waals surface area contributed by atoms with Crippen LogP contribution in [0.25, 0.3) is 0 Å². The number of ether oxygens (including phenoxy) is 5. The molecule has 0 spiro atoms. The van der Waals surface area contributed by atoms with Crippen molar-refractivity contribution in [3.63, 3.8) is 0 Å². The predicted molar refractivity (Wildman–Crippen MR) is 289 cm³/mol. The van der Waals surface area contributed by atoms with E-state index in [0.29, 0.717) is 31.8 Å². The number of hydrogen-bond acceptors (Lipinski definition) is 9. The van der Waals surface area contributed by atoms with E-state index in [0.717, 1.165) is 87.1 Å². The van der Waals surface area contributed by atoms with Crippen LogP contribution >= 0.6 is 0 Å². The maximum absolute atomic E-state index is 13.1. The SMILES string of the molecule is CCCCCCCCC=CCCCCCCCCOCC(CN1CCC(C(=O)OCC)CC1)OCCOC(=O)CCC(=O)O[C@H]1CC[C@@]2(C)C(=CC[C@H]3[C@H]4CC[C@H]([C@H](C)CCCC(C)C)[C@@]4(C)CC[C@@H]32)C1. The Labute approximate surface area is 434 Å². The largest absolute Gasteiger partial charge is 0.466 e. The van der Waals surface area contributed by atoms with Crippen molar-refractivity contribution in [1.82, 2.24) is 4.90 Å². The molecule has 0 N–H and O–H groups in total. The van der Waals surface area contributed by atoms with E-state index >= 15 is 0 Å². The number of likely N-dealkylation sites (tertiary alicyclic amines) is 1. The monoisotopic (exact) mass is 994 g/mol. The van der Waals surface area contributed by atoms with Gasteiger partial charge in [0.1, 0.15) is 12.7 Å². The molecule has 408 valence electrons. The molecule has 0 aromatic carbocycles. The molecule has 0 aromatic rings. The Kier molecular flexibility index (Phi) is 27.1. The van der Waals surface area contributed by atoms with Gasteiger partial charge in [-0.1, -0.05) is 142 Å². The van der Waals surface area contributed by atoms with Crippen molar-refractivity contribution in [3.8, 4) is 0 Å². The van der Waals surface area contributed by atoms with Crippen LogP contribution in [-0.4, -0.2) is 87.7 Å². The molecule has 4 fully saturated rings. The highest BCUT2D eigenvalue weighted by atomic mass is 16.6. The molecule has 1 unspecified atom stereocenters. The summed E-state index contributed by atoms with van der Waals surface area (Å²) in [6, 6.07) is 0. The Hall–Kier alpha value is -2.23. The fraction of sp³-hybridized carbons (Fsp3) is 0.887. The van der Waals surface area contributed by atoms with Gasteiger partial charge >= 0.3 is 17.9 Å². The van der Waals surface area contributed by atoms with Gasteiger partial charge in [0.05, 0.1) is 44.7 Å². The molecule has 3 saturated carbocycles. The van der Waals surface area contributed by atoms with Crippen molar-refractivity contribution in [2.75, 3.05) is 52.7 Å². The third-order valence-corrected chi connectivity index (χ3v) is 18.6. The number of fused-ring (bicyclic) bond motifs is 5. The first-order valence-corrected chi connectivity index (χ1v) is 30.2. The topological polar surface area (TPSA) is 101 Å². The van der Waals surface area contributed by atoms with E-state index < -0.39 is 5.97 Å². The van der Waals surface area contributed by atoms with Gasteiger partial charge in [-0.05, 0) is 156 Å². The third-order valence-electron chi connectivity index (χ3n) is 18.6.